The quantitative estimate of drug-likeness (QED) is 0.800. The number of rotatable bonds is 3. The highest BCUT2D eigenvalue weighted by Crippen LogP contribution is 2.33. The highest BCUT2D eigenvalue weighted by molar-refractivity contribution is 7.22. The van der Waals surface area contributed by atoms with Crippen LogP contribution in [0.1, 0.15) is 5.56 Å². The molecule has 4 rings (SSSR count). The van der Waals surface area contributed by atoms with Crippen LogP contribution >= 0.6 is 11.3 Å². The van der Waals surface area contributed by atoms with Gasteiger partial charge in [0.2, 0.25) is 12.7 Å². The minimum Gasteiger partial charge on any atom is -0.454 e. The molecule has 116 valence electrons. The third kappa shape index (κ3) is 2.70. The van der Waals surface area contributed by atoms with Crippen LogP contribution in [0.3, 0.4) is 0 Å². The standard InChI is InChI=1S/C16H11FN2O3S/c17-10-2-1-3-13-15(10)19-16(23-13)18-14(20)7-9-4-5-11-12(6-9)22-8-21-11/h1-6H,7-8H2,(H,18,19,20). The number of amides is 1. The van der Waals surface area contributed by atoms with Crippen molar-refractivity contribution in [1.29, 1.82) is 0 Å². The van der Waals surface area contributed by atoms with Crippen molar-refractivity contribution < 1.29 is 18.7 Å². The molecule has 1 amide bonds. The Hall–Kier alpha value is -2.67. The topological polar surface area (TPSA) is 60.5 Å². The number of hydrogen-bond acceptors (Lipinski definition) is 5. The Balaban J connectivity index is 1.49. The number of carbonyl (C=O) groups excluding carboxylic acids is 1. The van der Waals surface area contributed by atoms with Crippen molar-refractivity contribution in [2.75, 3.05) is 12.1 Å². The van der Waals surface area contributed by atoms with E-state index in [1.807, 2.05) is 6.07 Å². The minimum absolute atomic E-state index is 0.176. The summed E-state index contributed by atoms with van der Waals surface area (Å²) in [5.74, 6) is 0.700. The Morgan fingerprint density at radius 3 is 3.00 bits per heavy atom. The normalized spacial score (nSPS) is 12.6. The Morgan fingerprint density at radius 2 is 2.13 bits per heavy atom. The van der Waals surface area contributed by atoms with Gasteiger partial charge in [-0.1, -0.05) is 23.5 Å². The molecule has 0 saturated carbocycles. The first kappa shape index (κ1) is 14.0. The summed E-state index contributed by atoms with van der Waals surface area (Å²) < 4.78 is 24.8. The van der Waals surface area contributed by atoms with Gasteiger partial charge in [-0.25, -0.2) is 9.37 Å². The second kappa shape index (κ2) is 5.51. The predicted octanol–water partition coefficient (Wildman–Crippen LogP) is 3.35. The lowest BCUT2D eigenvalue weighted by molar-refractivity contribution is -0.115. The Bertz CT molecular complexity index is 909. The van der Waals surface area contributed by atoms with Crippen molar-refractivity contribution in [3.63, 3.8) is 0 Å². The molecule has 5 nitrogen and oxygen atoms in total. The molecule has 0 fully saturated rings. The number of fused-ring (bicyclic) bond motifs is 2. The van der Waals surface area contributed by atoms with Crippen LogP contribution in [0.2, 0.25) is 0 Å². The highest BCUT2D eigenvalue weighted by atomic mass is 32.1. The average Bonchev–Trinajstić information content (AvgIpc) is 3.13. The summed E-state index contributed by atoms with van der Waals surface area (Å²) in [5, 5.41) is 3.09. The molecule has 0 bridgehead atoms. The maximum Gasteiger partial charge on any atom is 0.231 e. The van der Waals surface area contributed by atoms with E-state index in [2.05, 4.69) is 10.3 Å². The number of benzene rings is 2. The van der Waals surface area contributed by atoms with Gasteiger partial charge in [0, 0.05) is 0 Å². The van der Waals surface area contributed by atoms with Crippen LogP contribution in [0, 0.1) is 5.82 Å². The molecule has 1 aliphatic rings. The van der Waals surface area contributed by atoms with Crippen molar-refractivity contribution in [2.45, 2.75) is 6.42 Å². The number of para-hydroxylation sites is 1. The minimum atomic E-state index is -0.394. The fourth-order valence-corrected chi connectivity index (χ4v) is 3.26. The van der Waals surface area contributed by atoms with E-state index < -0.39 is 5.82 Å². The molecular weight excluding hydrogens is 319 g/mol. The molecule has 3 aromatic rings. The fraction of sp³-hybridized carbons (Fsp3) is 0.125. The highest BCUT2D eigenvalue weighted by Gasteiger charge is 2.15. The number of anilines is 1. The predicted molar refractivity (Wildman–Crippen MR) is 84.5 cm³/mol. The third-order valence-electron chi connectivity index (χ3n) is 3.42. The van der Waals surface area contributed by atoms with Crippen LogP contribution in [0.4, 0.5) is 9.52 Å². The van der Waals surface area contributed by atoms with Crippen molar-refractivity contribution in [2.24, 2.45) is 0 Å². The Morgan fingerprint density at radius 1 is 1.26 bits per heavy atom. The van der Waals surface area contributed by atoms with Crippen LogP contribution in [0.15, 0.2) is 36.4 Å². The van der Waals surface area contributed by atoms with E-state index in [1.54, 1.807) is 24.3 Å². The molecule has 0 spiro atoms. The second-order valence-corrected chi connectivity index (χ2v) is 6.05. The number of carbonyl (C=O) groups is 1. The van der Waals surface area contributed by atoms with Gasteiger partial charge < -0.3 is 14.8 Å². The van der Waals surface area contributed by atoms with Crippen LogP contribution in [0.25, 0.3) is 10.2 Å². The van der Waals surface area contributed by atoms with Gasteiger partial charge in [-0.15, -0.1) is 0 Å². The number of ether oxygens (including phenoxy) is 2. The van der Waals surface area contributed by atoms with Crippen molar-refractivity contribution in [3.8, 4) is 11.5 Å². The molecule has 0 atom stereocenters. The first-order chi connectivity index (χ1) is 11.2. The second-order valence-electron chi connectivity index (χ2n) is 5.02. The van der Waals surface area contributed by atoms with Crippen LogP contribution < -0.4 is 14.8 Å². The molecule has 0 saturated heterocycles. The number of aromatic nitrogens is 1. The average molecular weight is 330 g/mol. The number of thiazole rings is 1. The van der Waals surface area contributed by atoms with Gasteiger partial charge in [0.25, 0.3) is 0 Å². The molecule has 23 heavy (non-hydrogen) atoms. The lowest BCUT2D eigenvalue weighted by Crippen LogP contribution is -2.14. The SMILES string of the molecule is O=C(Cc1ccc2c(c1)OCO2)Nc1nc2c(F)cccc2s1. The van der Waals surface area contributed by atoms with E-state index in [0.717, 1.165) is 5.56 Å². The zero-order valence-electron chi connectivity index (χ0n) is 11.8. The molecule has 0 radical (unpaired) electrons. The third-order valence-corrected chi connectivity index (χ3v) is 4.35. The monoisotopic (exact) mass is 330 g/mol. The van der Waals surface area contributed by atoms with E-state index in [-0.39, 0.29) is 24.6 Å². The van der Waals surface area contributed by atoms with Crippen LogP contribution in [0.5, 0.6) is 11.5 Å². The smallest absolute Gasteiger partial charge is 0.231 e. The first-order valence-corrected chi connectivity index (χ1v) is 7.74. The summed E-state index contributed by atoms with van der Waals surface area (Å²) in [6.07, 6.45) is 0.176. The summed E-state index contributed by atoms with van der Waals surface area (Å²) in [6.45, 7) is 0.197. The van der Waals surface area contributed by atoms with E-state index in [1.165, 1.54) is 17.4 Å². The van der Waals surface area contributed by atoms with E-state index in [0.29, 0.717) is 21.3 Å². The number of hydrogen-bond donors (Lipinski definition) is 1. The number of nitrogens with one attached hydrogen (secondary N) is 1. The summed E-state index contributed by atoms with van der Waals surface area (Å²) in [7, 11) is 0. The molecule has 2 heterocycles. The maximum atomic E-state index is 13.6. The molecule has 1 N–H and O–H groups in total. The van der Waals surface area contributed by atoms with E-state index >= 15 is 0 Å². The summed E-state index contributed by atoms with van der Waals surface area (Å²) >= 11 is 1.24. The van der Waals surface area contributed by atoms with Gasteiger partial charge in [-0.05, 0) is 29.8 Å². The summed E-state index contributed by atoms with van der Waals surface area (Å²) in [5.41, 5.74) is 1.08. The molecule has 1 aliphatic heterocycles. The zero-order valence-corrected chi connectivity index (χ0v) is 12.7. The first-order valence-electron chi connectivity index (χ1n) is 6.92. The Labute approximate surface area is 134 Å². The summed E-state index contributed by atoms with van der Waals surface area (Å²) in [4.78, 5) is 16.3. The molecule has 0 aliphatic carbocycles. The fourth-order valence-electron chi connectivity index (χ4n) is 2.37. The van der Waals surface area contributed by atoms with Gasteiger partial charge in [0.05, 0.1) is 11.1 Å². The Kier molecular flexibility index (Phi) is 3.34. The van der Waals surface area contributed by atoms with Gasteiger partial charge in [0.1, 0.15) is 11.3 Å². The number of halogens is 1. The van der Waals surface area contributed by atoms with E-state index in [4.69, 9.17) is 9.47 Å². The van der Waals surface area contributed by atoms with Crippen LogP contribution in [-0.4, -0.2) is 17.7 Å². The van der Waals surface area contributed by atoms with Gasteiger partial charge in [-0.3, -0.25) is 4.79 Å². The summed E-state index contributed by atoms with van der Waals surface area (Å²) in [6, 6.07) is 10.1. The number of nitrogens with zero attached hydrogens (tertiary/aromatic N) is 1. The van der Waals surface area contributed by atoms with Crippen LogP contribution in [-0.2, 0) is 11.2 Å². The molecular formula is C16H11FN2O3S. The van der Waals surface area contributed by atoms with E-state index in [9.17, 15) is 9.18 Å². The largest absolute Gasteiger partial charge is 0.454 e. The maximum absolute atomic E-state index is 13.6. The molecule has 1 aromatic heterocycles. The lowest BCUT2D eigenvalue weighted by Gasteiger charge is -2.03. The lowest BCUT2D eigenvalue weighted by atomic mass is 10.1. The molecule has 2 aromatic carbocycles. The zero-order chi connectivity index (χ0) is 15.8. The van der Waals surface area contributed by atoms with Crippen molar-refractivity contribution in [3.05, 3.63) is 47.8 Å². The van der Waals surface area contributed by atoms with Gasteiger partial charge in [0.15, 0.2) is 16.6 Å². The van der Waals surface area contributed by atoms with Gasteiger partial charge in [-0.2, -0.15) is 0 Å². The van der Waals surface area contributed by atoms with Crippen molar-refractivity contribution >= 4 is 32.6 Å². The van der Waals surface area contributed by atoms with Crippen molar-refractivity contribution in [1.82, 2.24) is 4.98 Å². The van der Waals surface area contributed by atoms with Gasteiger partial charge >= 0.3 is 0 Å². The molecule has 7 heteroatoms. The molecule has 0 unspecified atom stereocenters.